The molecule has 5 heteroatoms. The topological polar surface area (TPSA) is 77.5 Å². The Kier molecular flexibility index (Phi) is 4.15. The average Bonchev–Trinajstić information content (AvgIpc) is 2.69. The van der Waals surface area contributed by atoms with Crippen molar-refractivity contribution in [3.8, 4) is 0 Å². The van der Waals surface area contributed by atoms with Crippen LogP contribution in [0.2, 0.25) is 0 Å². The van der Waals surface area contributed by atoms with Crippen molar-refractivity contribution in [3.63, 3.8) is 0 Å². The smallest absolute Gasteiger partial charge is 0.250 e. The van der Waals surface area contributed by atoms with Crippen molar-refractivity contribution in [1.29, 1.82) is 0 Å². The van der Waals surface area contributed by atoms with Crippen molar-refractivity contribution < 1.29 is 13.9 Å². The van der Waals surface area contributed by atoms with Crippen molar-refractivity contribution >= 4 is 5.91 Å². The lowest BCUT2D eigenvalue weighted by atomic mass is 10.3. The van der Waals surface area contributed by atoms with Gasteiger partial charge in [0.2, 0.25) is 0 Å². The highest BCUT2D eigenvalue weighted by molar-refractivity contribution is 5.80. The van der Waals surface area contributed by atoms with Gasteiger partial charge in [-0.05, 0) is 6.07 Å². The first-order valence-electron chi connectivity index (χ1n) is 4.29. The van der Waals surface area contributed by atoms with Crippen molar-refractivity contribution in [1.82, 2.24) is 5.32 Å². The van der Waals surface area contributed by atoms with Gasteiger partial charge in [-0.15, -0.1) is 0 Å². The second kappa shape index (κ2) is 5.41. The van der Waals surface area contributed by atoms with Crippen LogP contribution in [0.25, 0.3) is 0 Å². The maximum atomic E-state index is 11.4. The van der Waals surface area contributed by atoms with E-state index in [1.807, 2.05) is 0 Å². The third-order valence-electron chi connectivity index (χ3n) is 1.84. The van der Waals surface area contributed by atoms with Gasteiger partial charge in [0.15, 0.2) is 0 Å². The van der Waals surface area contributed by atoms with Gasteiger partial charge in [-0.25, -0.2) is 0 Å². The molecule has 1 heterocycles. The molecule has 0 bridgehead atoms. The first-order chi connectivity index (χ1) is 6.77. The van der Waals surface area contributed by atoms with Crippen LogP contribution >= 0.6 is 0 Å². The van der Waals surface area contributed by atoms with Gasteiger partial charge in [0.25, 0.3) is 5.91 Å². The van der Waals surface area contributed by atoms with Crippen LogP contribution < -0.4 is 11.1 Å². The SMILES string of the molecule is COC(CN)C(=O)NCc1ccoc1. The molecule has 1 unspecified atom stereocenters. The van der Waals surface area contributed by atoms with E-state index in [2.05, 4.69) is 5.32 Å². The van der Waals surface area contributed by atoms with E-state index in [4.69, 9.17) is 14.9 Å². The van der Waals surface area contributed by atoms with Crippen LogP contribution in [0.4, 0.5) is 0 Å². The molecule has 0 aliphatic carbocycles. The third kappa shape index (κ3) is 2.86. The summed E-state index contributed by atoms with van der Waals surface area (Å²) in [5, 5.41) is 2.68. The maximum Gasteiger partial charge on any atom is 0.250 e. The summed E-state index contributed by atoms with van der Waals surface area (Å²) >= 11 is 0. The molecule has 0 saturated heterocycles. The number of rotatable bonds is 5. The minimum Gasteiger partial charge on any atom is -0.472 e. The van der Waals surface area contributed by atoms with E-state index in [1.54, 1.807) is 18.6 Å². The minimum atomic E-state index is -0.582. The Hall–Kier alpha value is -1.33. The van der Waals surface area contributed by atoms with Gasteiger partial charge in [-0.2, -0.15) is 0 Å². The third-order valence-corrected chi connectivity index (χ3v) is 1.84. The summed E-state index contributed by atoms with van der Waals surface area (Å²) in [6.45, 7) is 0.600. The Morgan fingerprint density at radius 3 is 3.07 bits per heavy atom. The number of amides is 1. The fourth-order valence-corrected chi connectivity index (χ4v) is 1.01. The van der Waals surface area contributed by atoms with Crippen LogP contribution in [-0.2, 0) is 16.1 Å². The monoisotopic (exact) mass is 198 g/mol. The van der Waals surface area contributed by atoms with Crippen LogP contribution in [0.1, 0.15) is 5.56 Å². The molecule has 0 spiro atoms. The van der Waals surface area contributed by atoms with Crippen LogP contribution in [0.15, 0.2) is 23.0 Å². The second-order valence-electron chi connectivity index (χ2n) is 2.81. The van der Waals surface area contributed by atoms with Gasteiger partial charge in [0, 0.05) is 25.8 Å². The van der Waals surface area contributed by atoms with Gasteiger partial charge in [0.05, 0.1) is 12.5 Å². The van der Waals surface area contributed by atoms with Gasteiger partial charge < -0.3 is 20.2 Å². The molecule has 0 radical (unpaired) electrons. The number of carbonyl (C=O) groups excluding carboxylic acids is 1. The molecule has 78 valence electrons. The van der Waals surface area contributed by atoms with Crippen molar-refractivity contribution in [2.75, 3.05) is 13.7 Å². The Balaban J connectivity index is 2.34. The highest BCUT2D eigenvalue weighted by atomic mass is 16.5. The quantitative estimate of drug-likeness (QED) is 0.690. The van der Waals surface area contributed by atoms with E-state index < -0.39 is 6.10 Å². The average molecular weight is 198 g/mol. The number of methoxy groups -OCH3 is 1. The zero-order chi connectivity index (χ0) is 10.4. The molecule has 1 amide bonds. The summed E-state index contributed by atoms with van der Waals surface area (Å²) in [7, 11) is 1.45. The molecular formula is C9H14N2O3. The molecule has 3 N–H and O–H groups in total. The highest BCUT2D eigenvalue weighted by Crippen LogP contribution is 1.99. The predicted octanol–water partition coefficient (Wildman–Crippen LogP) is -0.130. The zero-order valence-electron chi connectivity index (χ0n) is 8.03. The van der Waals surface area contributed by atoms with Gasteiger partial charge in [-0.3, -0.25) is 4.79 Å². The van der Waals surface area contributed by atoms with E-state index in [9.17, 15) is 4.79 Å². The minimum absolute atomic E-state index is 0.174. The van der Waals surface area contributed by atoms with Crippen LogP contribution in [-0.4, -0.2) is 25.7 Å². The molecule has 0 aliphatic rings. The lowest BCUT2D eigenvalue weighted by Crippen LogP contribution is -2.40. The van der Waals surface area contributed by atoms with Gasteiger partial charge in [-0.1, -0.05) is 0 Å². The molecule has 1 aromatic heterocycles. The number of ether oxygens (including phenoxy) is 1. The summed E-state index contributed by atoms with van der Waals surface area (Å²) < 4.78 is 9.72. The Morgan fingerprint density at radius 1 is 1.79 bits per heavy atom. The molecule has 0 saturated carbocycles. The van der Waals surface area contributed by atoms with Crippen molar-refractivity contribution in [2.24, 2.45) is 5.73 Å². The maximum absolute atomic E-state index is 11.4. The number of nitrogens with two attached hydrogens (primary N) is 1. The zero-order valence-corrected chi connectivity index (χ0v) is 8.03. The first kappa shape index (κ1) is 10.7. The standard InChI is InChI=1S/C9H14N2O3/c1-13-8(4-10)9(12)11-5-7-2-3-14-6-7/h2-3,6,8H,4-5,10H2,1H3,(H,11,12). The highest BCUT2D eigenvalue weighted by Gasteiger charge is 2.14. The first-order valence-corrected chi connectivity index (χ1v) is 4.29. The van der Waals surface area contributed by atoms with E-state index >= 15 is 0 Å². The molecule has 0 fully saturated rings. The van der Waals surface area contributed by atoms with E-state index in [1.165, 1.54) is 7.11 Å². The molecule has 0 aliphatic heterocycles. The Labute approximate surface area is 82.2 Å². The van der Waals surface area contributed by atoms with Crippen molar-refractivity contribution in [2.45, 2.75) is 12.6 Å². The van der Waals surface area contributed by atoms with E-state index in [0.717, 1.165) is 5.56 Å². The lowest BCUT2D eigenvalue weighted by Gasteiger charge is -2.12. The number of hydrogen-bond acceptors (Lipinski definition) is 4. The summed E-state index contributed by atoms with van der Waals surface area (Å²) in [6.07, 6.45) is 2.55. The Morgan fingerprint density at radius 2 is 2.57 bits per heavy atom. The number of nitrogens with one attached hydrogen (secondary N) is 1. The molecule has 0 aromatic carbocycles. The number of hydrogen-bond donors (Lipinski definition) is 2. The normalized spacial score (nSPS) is 12.4. The van der Waals surface area contributed by atoms with E-state index in [0.29, 0.717) is 6.54 Å². The van der Waals surface area contributed by atoms with Crippen LogP contribution in [0.3, 0.4) is 0 Å². The largest absolute Gasteiger partial charge is 0.472 e. The molecule has 1 aromatic rings. The van der Waals surface area contributed by atoms with E-state index in [-0.39, 0.29) is 12.5 Å². The van der Waals surface area contributed by atoms with Gasteiger partial charge in [0.1, 0.15) is 6.10 Å². The van der Waals surface area contributed by atoms with Crippen molar-refractivity contribution in [3.05, 3.63) is 24.2 Å². The fourth-order valence-electron chi connectivity index (χ4n) is 1.01. The summed E-state index contributed by atoms with van der Waals surface area (Å²) in [4.78, 5) is 11.4. The molecule has 1 rings (SSSR count). The summed E-state index contributed by atoms with van der Waals surface area (Å²) in [6, 6.07) is 1.78. The molecular weight excluding hydrogens is 184 g/mol. The Bertz CT molecular complexity index is 268. The molecule has 5 nitrogen and oxygen atoms in total. The number of carbonyl (C=O) groups is 1. The van der Waals surface area contributed by atoms with Gasteiger partial charge >= 0.3 is 0 Å². The molecule has 14 heavy (non-hydrogen) atoms. The van der Waals surface area contributed by atoms with Crippen LogP contribution in [0, 0.1) is 0 Å². The molecule has 1 atom stereocenters. The predicted molar refractivity (Wildman–Crippen MR) is 50.4 cm³/mol. The number of furan rings is 1. The summed E-state index contributed by atoms with van der Waals surface area (Å²) in [5.74, 6) is -0.212. The second-order valence-corrected chi connectivity index (χ2v) is 2.81. The fraction of sp³-hybridized carbons (Fsp3) is 0.444. The van der Waals surface area contributed by atoms with Crippen LogP contribution in [0.5, 0.6) is 0 Å². The lowest BCUT2D eigenvalue weighted by molar-refractivity contribution is -0.130. The summed E-state index contributed by atoms with van der Waals surface area (Å²) in [5.41, 5.74) is 6.24.